The fourth-order valence-corrected chi connectivity index (χ4v) is 2.17. The van der Waals surface area contributed by atoms with Crippen LogP contribution in [-0.2, 0) is 5.41 Å². The lowest BCUT2D eigenvalue weighted by Gasteiger charge is -2.14. The maximum absolute atomic E-state index is 8.99. The van der Waals surface area contributed by atoms with Crippen molar-refractivity contribution in [3.63, 3.8) is 0 Å². The molecule has 1 saturated heterocycles. The molecule has 19 heavy (non-hydrogen) atoms. The van der Waals surface area contributed by atoms with Gasteiger partial charge in [-0.05, 0) is 12.3 Å². The smallest absolute Gasteiger partial charge is 0.318 e. The highest BCUT2D eigenvalue weighted by Crippen LogP contribution is 2.27. The van der Waals surface area contributed by atoms with E-state index in [4.69, 9.17) is 15.3 Å². The lowest BCUT2D eigenvalue weighted by Crippen LogP contribution is -2.30. The van der Waals surface area contributed by atoms with Gasteiger partial charge in [0, 0.05) is 31.2 Å². The lowest BCUT2D eigenvalue weighted by molar-refractivity contribution is 0.256. The van der Waals surface area contributed by atoms with Crippen molar-refractivity contribution in [3.05, 3.63) is 5.89 Å². The Morgan fingerprint density at radius 1 is 1.37 bits per heavy atom. The summed E-state index contributed by atoms with van der Waals surface area (Å²) in [5.74, 6) is 0.927. The Kier molecular flexibility index (Phi) is 5.18. The summed E-state index contributed by atoms with van der Waals surface area (Å²) in [5, 5.41) is 17.2. The van der Waals surface area contributed by atoms with E-state index in [0.717, 1.165) is 13.0 Å². The maximum atomic E-state index is 8.99. The van der Waals surface area contributed by atoms with E-state index < -0.39 is 0 Å². The summed E-state index contributed by atoms with van der Waals surface area (Å²) in [6.07, 6.45) is 0.720. The molecule has 2 atom stereocenters. The van der Waals surface area contributed by atoms with Crippen LogP contribution in [0.4, 0.5) is 6.01 Å². The predicted molar refractivity (Wildman–Crippen MR) is 75.6 cm³/mol. The molecule has 1 aliphatic rings. The van der Waals surface area contributed by atoms with E-state index in [1.165, 1.54) is 0 Å². The van der Waals surface area contributed by atoms with Gasteiger partial charge in [0.2, 0.25) is 5.89 Å². The van der Waals surface area contributed by atoms with Crippen LogP contribution in [0.3, 0.4) is 0 Å². The molecule has 0 amide bonds. The number of halogens is 1. The minimum atomic E-state index is -0.141. The van der Waals surface area contributed by atoms with Crippen LogP contribution in [-0.4, -0.2) is 41.0 Å². The van der Waals surface area contributed by atoms with E-state index in [1.54, 1.807) is 0 Å². The normalized spacial score (nSPS) is 23.5. The molecular formula is C12H23ClN4O2. The number of aliphatic hydroxyl groups is 1. The molecule has 0 unspecified atom stereocenters. The number of anilines is 1. The van der Waals surface area contributed by atoms with Crippen LogP contribution in [0.1, 0.15) is 33.1 Å². The van der Waals surface area contributed by atoms with Gasteiger partial charge >= 0.3 is 6.01 Å². The quantitative estimate of drug-likeness (QED) is 0.861. The average Bonchev–Trinajstić information content (AvgIpc) is 2.85. The van der Waals surface area contributed by atoms with Crippen LogP contribution in [0.2, 0.25) is 0 Å². The largest absolute Gasteiger partial charge is 0.407 e. The van der Waals surface area contributed by atoms with Crippen molar-refractivity contribution in [2.45, 2.75) is 38.6 Å². The van der Waals surface area contributed by atoms with Crippen LogP contribution in [0.15, 0.2) is 4.42 Å². The highest BCUT2D eigenvalue weighted by molar-refractivity contribution is 5.85. The van der Waals surface area contributed by atoms with Crippen molar-refractivity contribution < 1.29 is 9.52 Å². The molecule has 110 valence electrons. The van der Waals surface area contributed by atoms with Gasteiger partial charge in [0.05, 0.1) is 0 Å². The second-order valence-electron chi connectivity index (χ2n) is 5.98. The summed E-state index contributed by atoms with van der Waals surface area (Å²) in [6.45, 7) is 7.75. The van der Waals surface area contributed by atoms with E-state index in [0.29, 0.717) is 24.4 Å². The molecule has 7 heteroatoms. The summed E-state index contributed by atoms with van der Waals surface area (Å²) in [6, 6.07) is 0.595. The van der Waals surface area contributed by atoms with Gasteiger partial charge in [-0.1, -0.05) is 25.9 Å². The first kappa shape index (κ1) is 16.2. The van der Waals surface area contributed by atoms with Crippen molar-refractivity contribution in [2.75, 3.05) is 24.6 Å². The van der Waals surface area contributed by atoms with Gasteiger partial charge in [0.1, 0.15) is 0 Å². The SMILES string of the molecule is CC(C)(C)c1nnc(N2C[C@H](CCO)[C@@H](N)C2)o1.Cl. The monoisotopic (exact) mass is 290 g/mol. The van der Waals surface area contributed by atoms with Gasteiger partial charge in [-0.3, -0.25) is 0 Å². The van der Waals surface area contributed by atoms with Crippen molar-refractivity contribution >= 4 is 18.4 Å². The molecule has 0 radical (unpaired) electrons. The van der Waals surface area contributed by atoms with Gasteiger partial charge in [0.15, 0.2) is 0 Å². The Morgan fingerprint density at radius 2 is 2.05 bits per heavy atom. The number of rotatable bonds is 3. The Hall–Kier alpha value is -0.850. The minimum absolute atomic E-state index is 0. The molecule has 2 rings (SSSR count). The minimum Gasteiger partial charge on any atom is -0.407 e. The first-order chi connectivity index (χ1) is 8.41. The Labute approximate surface area is 119 Å². The Balaban J connectivity index is 0.00000180. The number of nitrogens with zero attached hydrogens (tertiary/aromatic N) is 3. The van der Waals surface area contributed by atoms with Crippen LogP contribution < -0.4 is 10.6 Å². The van der Waals surface area contributed by atoms with Crippen molar-refractivity contribution in [1.82, 2.24) is 10.2 Å². The van der Waals surface area contributed by atoms with Gasteiger partial charge in [-0.2, -0.15) is 0 Å². The van der Waals surface area contributed by atoms with Gasteiger partial charge in [-0.25, -0.2) is 0 Å². The molecule has 1 aromatic rings. The molecule has 3 N–H and O–H groups in total. The van der Waals surface area contributed by atoms with E-state index in [9.17, 15) is 0 Å². The molecule has 2 heterocycles. The Bertz CT molecular complexity index is 405. The molecule has 0 bridgehead atoms. The molecule has 1 aromatic heterocycles. The van der Waals surface area contributed by atoms with Crippen LogP contribution in [0.5, 0.6) is 0 Å². The zero-order chi connectivity index (χ0) is 13.3. The summed E-state index contributed by atoms with van der Waals surface area (Å²) in [7, 11) is 0. The summed E-state index contributed by atoms with van der Waals surface area (Å²) in [5.41, 5.74) is 5.90. The molecule has 0 aliphatic carbocycles. The Morgan fingerprint density at radius 3 is 2.58 bits per heavy atom. The van der Waals surface area contributed by atoms with Crippen molar-refractivity contribution in [1.29, 1.82) is 0 Å². The van der Waals surface area contributed by atoms with Gasteiger partial charge in [-0.15, -0.1) is 17.5 Å². The molecule has 1 fully saturated rings. The van der Waals surface area contributed by atoms with E-state index in [-0.39, 0.29) is 30.5 Å². The fraction of sp³-hybridized carbons (Fsp3) is 0.833. The summed E-state index contributed by atoms with van der Waals surface area (Å²) >= 11 is 0. The number of nitrogens with two attached hydrogens (primary N) is 1. The molecule has 6 nitrogen and oxygen atoms in total. The molecular weight excluding hydrogens is 268 g/mol. The second-order valence-corrected chi connectivity index (χ2v) is 5.98. The number of aliphatic hydroxyl groups excluding tert-OH is 1. The van der Waals surface area contributed by atoms with E-state index in [1.807, 2.05) is 25.7 Å². The van der Waals surface area contributed by atoms with E-state index >= 15 is 0 Å². The number of hydrogen-bond donors (Lipinski definition) is 2. The summed E-state index contributed by atoms with van der Waals surface area (Å²) in [4.78, 5) is 2.01. The molecule has 0 saturated carbocycles. The topological polar surface area (TPSA) is 88.4 Å². The van der Waals surface area contributed by atoms with Crippen molar-refractivity contribution in [3.8, 4) is 0 Å². The standard InChI is InChI=1S/C12H22N4O2.ClH/c1-12(2,3)10-14-15-11(18-10)16-6-8(4-5-17)9(13)7-16;/h8-9,17H,4-7,13H2,1-3H3;1H/t8-,9-;/m0./s1. The zero-order valence-electron chi connectivity index (χ0n) is 11.7. The fourth-order valence-electron chi connectivity index (χ4n) is 2.17. The van der Waals surface area contributed by atoms with Gasteiger partial charge in [0.25, 0.3) is 0 Å². The van der Waals surface area contributed by atoms with Crippen molar-refractivity contribution in [2.24, 2.45) is 11.7 Å². The van der Waals surface area contributed by atoms with Crippen LogP contribution in [0.25, 0.3) is 0 Å². The predicted octanol–water partition coefficient (Wildman–Crippen LogP) is 0.935. The number of aromatic nitrogens is 2. The molecule has 1 aliphatic heterocycles. The first-order valence-corrected chi connectivity index (χ1v) is 6.37. The second kappa shape index (κ2) is 6.07. The number of hydrogen-bond acceptors (Lipinski definition) is 6. The summed E-state index contributed by atoms with van der Waals surface area (Å²) < 4.78 is 5.69. The highest BCUT2D eigenvalue weighted by Gasteiger charge is 2.33. The molecule has 0 aromatic carbocycles. The third-order valence-corrected chi connectivity index (χ3v) is 3.32. The lowest BCUT2D eigenvalue weighted by atomic mass is 9.97. The van der Waals surface area contributed by atoms with E-state index in [2.05, 4.69) is 10.2 Å². The maximum Gasteiger partial charge on any atom is 0.318 e. The average molecular weight is 291 g/mol. The third kappa shape index (κ3) is 3.58. The first-order valence-electron chi connectivity index (χ1n) is 6.37. The van der Waals surface area contributed by atoms with Gasteiger partial charge < -0.3 is 20.2 Å². The van der Waals surface area contributed by atoms with Crippen LogP contribution >= 0.6 is 12.4 Å². The zero-order valence-corrected chi connectivity index (χ0v) is 12.5. The van der Waals surface area contributed by atoms with Crippen LogP contribution in [0, 0.1) is 5.92 Å². The molecule has 0 spiro atoms. The highest BCUT2D eigenvalue weighted by atomic mass is 35.5. The third-order valence-electron chi connectivity index (χ3n) is 3.32.